The van der Waals surface area contributed by atoms with Crippen LogP contribution in [-0.2, 0) is 29.2 Å². The topological polar surface area (TPSA) is 82.1 Å². The van der Waals surface area contributed by atoms with Gasteiger partial charge in [-0.15, -0.1) is 0 Å². The summed E-state index contributed by atoms with van der Waals surface area (Å²) in [5.41, 5.74) is -0.0917. The number of rotatable bonds is 8. The lowest BCUT2D eigenvalue weighted by atomic mass is 10.2. The summed E-state index contributed by atoms with van der Waals surface area (Å²) < 4.78 is 0. The number of amides is 2. The molecule has 0 spiro atoms. The summed E-state index contributed by atoms with van der Waals surface area (Å²) in [6.07, 6.45) is 3.45. The number of unbranched alkanes of at least 4 members (excludes halogenated alkanes) is 2. The van der Waals surface area contributed by atoms with Crippen molar-refractivity contribution < 1.29 is 29.2 Å². The molecule has 1 rings (SSSR count). The number of carbonyl (C=O) groups is 3. The van der Waals surface area contributed by atoms with Crippen molar-refractivity contribution in [3.05, 3.63) is 11.6 Å². The molecule has 22 heavy (non-hydrogen) atoms. The molecule has 7 heteroatoms. The van der Waals surface area contributed by atoms with Gasteiger partial charge in [-0.05, 0) is 45.6 Å². The first-order valence-electron chi connectivity index (χ1n) is 7.30. The summed E-state index contributed by atoms with van der Waals surface area (Å²) in [6.45, 7) is 7.27. The van der Waals surface area contributed by atoms with Crippen molar-refractivity contribution in [2.75, 3.05) is 6.54 Å². The van der Waals surface area contributed by atoms with E-state index in [4.69, 9.17) is 4.89 Å². The first kappa shape index (κ1) is 18.3. The lowest BCUT2D eigenvalue weighted by molar-refractivity contribution is -0.514. The van der Waals surface area contributed by atoms with E-state index in [9.17, 15) is 14.4 Å². The Labute approximate surface area is 130 Å². The molecule has 0 N–H and O–H groups in total. The van der Waals surface area contributed by atoms with Gasteiger partial charge in [0.15, 0.2) is 0 Å². The third-order valence-corrected chi connectivity index (χ3v) is 2.86. The highest BCUT2D eigenvalue weighted by molar-refractivity contribution is 6.15. The van der Waals surface area contributed by atoms with E-state index in [1.165, 1.54) is 11.0 Å². The van der Waals surface area contributed by atoms with Gasteiger partial charge >= 0.3 is 5.97 Å². The fourth-order valence-electron chi connectivity index (χ4n) is 1.76. The van der Waals surface area contributed by atoms with Gasteiger partial charge in [-0.2, -0.15) is 4.89 Å². The molecule has 0 radical (unpaired) electrons. The van der Waals surface area contributed by atoms with Crippen molar-refractivity contribution in [1.29, 1.82) is 0 Å². The van der Waals surface area contributed by atoms with Crippen LogP contribution in [0.4, 0.5) is 0 Å². The summed E-state index contributed by atoms with van der Waals surface area (Å²) in [5.74, 6) is -1.03. The summed E-state index contributed by atoms with van der Waals surface area (Å²) >= 11 is 0. The summed E-state index contributed by atoms with van der Waals surface area (Å²) in [7, 11) is 0. The molecule has 0 bridgehead atoms. The minimum Gasteiger partial charge on any atom is -0.275 e. The molecule has 2 amide bonds. The third kappa shape index (κ3) is 6.36. The molecule has 0 aromatic carbocycles. The van der Waals surface area contributed by atoms with Crippen LogP contribution in [0.2, 0.25) is 0 Å². The number of carbonyl (C=O) groups excluding carboxylic acids is 3. The predicted octanol–water partition coefficient (Wildman–Crippen LogP) is 2.07. The lowest BCUT2D eigenvalue weighted by Crippen LogP contribution is -2.31. The molecule has 7 nitrogen and oxygen atoms in total. The molecule has 0 aromatic heterocycles. The number of hydrogen-bond donors (Lipinski definition) is 0. The highest BCUT2D eigenvalue weighted by atomic mass is 17.5. The maximum absolute atomic E-state index is 11.6. The molecule has 0 fully saturated rings. The molecule has 124 valence electrons. The first-order chi connectivity index (χ1) is 10.2. The predicted molar refractivity (Wildman–Crippen MR) is 77.0 cm³/mol. The van der Waals surface area contributed by atoms with Crippen LogP contribution in [-0.4, -0.2) is 34.8 Å². The molecule has 0 aromatic rings. The van der Waals surface area contributed by atoms with E-state index in [1.807, 2.05) is 0 Å². The van der Waals surface area contributed by atoms with Gasteiger partial charge < -0.3 is 0 Å². The zero-order chi connectivity index (χ0) is 16.8. The van der Waals surface area contributed by atoms with Crippen molar-refractivity contribution in [1.82, 2.24) is 4.90 Å². The van der Waals surface area contributed by atoms with E-state index < -0.39 is 11.6 Å². The maximum Gasteiger partial charge on any atom is 0.345 e. The van der Waals surface area contributed by atoms with Crippen molar-refractivity contribution in [2.45, 2.75) is 59.0 Å². The molecule has 0 aliphatic carbocycles. The third-order valence-electron chi connectivity index (χ3n) is 2.86. The average Bonchev–Trinajstić information content (AvgIpc) is 2.63. The van der Waals surface area contributed by atoms with Gasteiger partial charge in [0.1, 0.15) is 0 Å². The molecule has 1 heterocycles. The van der Waals surface area contributed by atoms with E-state index in [0.717, 1.165) is 0 Å². The van der Waals surface area contributed by atoms with E-state index in [1.54, 1.807) is 27.7 Å². The number of imide groups is 1. The molecular formula is C15H23NO6. The van der Waals surface area contributed by atoms with Crippen LogP contribution < -0.4 is 0 Å². The zero-order valence-electron chi connectivity index (χ0n) is 13.5. The van der Waals surface area contributed by atoms with Gasteiger partial charge in [0, 0.05) is 24.6 Å². The van der Waals surface area contributed by atoms with Crippen LogP contribution in [0.3, 0.4) is 0 Å². The number of hydrogen-bond acceptors (Lipinski definition) is 6. The van der Waals surface area contributed by atoms with Crippen LogP contribution >= 0.6 is 0 Å². The van der Waals surface area contributed by atoms with Crippen LogP contribution in [0.15, 0.2) is 11.6 Å². The Morgan fingerprint density at radius 3 is 2.41 bits per heavy atom. The summed E-state index contributed by atoms with van der Waals surface area (Å²) in [6, 6.07) is 0. The second-order valence-corrected chi connectivity index (χ2v) is 6.15. The quantitative estimate of drug-likeness (QED) is 0.295. The maximum atomic E-state index is 11.6. The highest BCUT2D eigenvalue weighted by Gasteiger charge is 2.27. The van der Waals surface area contributed by atoms with Crippen molar-refractivity contribution in [3.63, 3.8) is 0 Å². The smallest absolute Gasteiger partial charge is 0.275 e. The monoisotopic (exact) mass is 313 g/mol. The standard InChI is InChI=1S/C15H23NO6/c1-11-10-12(17)16(14(11)19)9-7-5-6-8-13(18)20-22-21-15(2,3)4/h10H,5-9H2,1-4H3. The molecule has 0 saturated carbocycles. The molecule has 1 aliphatic rings. The Bertz CT molecular complexity index is 463. The Balaban J connectivity index is 2.07. The van der Waals surface area contributed by atoms with Crippen LogP contribution in [0.25, 0.3) is 0 Å². The second kappa shape index (κ2) is 8.05. The van der Waals surface area contributed by atoms with Crippen molar-refractivity contribution >= 4 is 17.8 Å². The normalized spacial score (nSPS) is 15.3. The Morgan fingerprint density at radius 2 is 1.86 bits per heavy atom. The van der Waals surface area contributed by atoms with Gasteiger partial charge in [-0.1, -0.05) is 6.42 Å². The van der Waals surface area contributed by atoms with Gasteiger partial charge in [0.2, 0.25) is 0 Å². The lowest BCUT2D eigenvalue weighted by Gasteiger charge is -2.15. The van der Waals surface area contributed by atoms with Crippen molar-refractivity contribution in [2.24, 2.45) is 0 Å². The molecular weight excluding hydrogens is 290 g/mol. The van der Waals surface area contributed by atoms with Gasteiger partial charge in [0.25, 0.3) is 11.8 Å². The summed E-state index contributed by atoms with van der Waals surface area (Å²) in [5, 5.41) is 4.38. The average molecular weight is 313 g/mol. The van der Waals surface area contributed by atoms with Crippen LogP contribution in [0.1, 0.15) is 53.4 Å². The molecule has 1 aliphatic heterocycles. The fraction of sp³-hybridized carbons (Fsp3) is 0.667. The van der Waals surface area contributed by atoms with E-state index in [-0.39, 0.29) is 18.2 Å². The largest absolute Gasteiger partial charge is 0.345 e. The zero-order valence-corrected chi connectivity index (χ0v) is 13.5. The number of nitrogens with zero attached hydrogens (tertiary/aromatic N) is 1. The second-order valence-electron chi connectivity index (χ2n) is 6.15. The van der Waals surface area contributed by atoms with Crippen LogP contribution in [0, 0.1) is 0 Å². The molecule has 0 atom stereocenters. The van der Waals surface area contributed by atoms with E-state index in [2.05, 4.69) is 9.93 Å². The van der Waals surface area contributed by atoms with Crippen molar-refractivity contribution in [3.8, 4) is 0 Å². The fourth-order valence-corrected chi connectivity index (χ4v) is 1.76. The van der Waals surface area contributed by atoms with E-state index >= 15 is 0 Å². The van der Waals surface area contributed by atoms with E-state index in [0.29, 0.717) is 31.4 Å². The summed E-state index contributed by atoms with van der Waals surface area (Å²) in [4.78, 5) is 44.9. The molecule has 0 saturated heterocycles. The Hall–Kier alpha value is -1.73. The van der Waals surface area contributed by atoms with Gasteiger partial charge in [0.05, 0.1) is 5.60 Å². The Kier molecular flexibility index (Phi) is 6.70. The minimum atomic E-state index is -0.554. The SMILES string of the molecule is CC1=CC(=O)N(CCCCCC(=O)OOOC(C)(C)C)C1=O. The minimum absolute atomic E-state index is 0.187. The first-order valence-corrected chi connectivity index (χ1v) is 7.30. The van der Waals surface area contributed by atoms with Gasteiger partial charge in [-0.3, -0.25) is 19.4 Å². The van der Waals surface area contributed by atoms with Crippen LogP contribution in [0.5, 0.6) is 0 Å². The highest BCUT2D eigenvalue weighted by Crippen LogP contribution is 2.13. The van der Waals surface area contributed by atoms with Gasteiger partial charge in [-0.25, -0.2) is 4.79 Å². The Morgan fingerprint density at radius 1 is 1.18 bits per heavy atom. The molecule has 0 unspecified atom stereocenters.